The van der Waals surface area contributed by atoms with Crippen molar-refractivity contribution < 1.29 is 0 Å². The summed E-state index contributed by atoms with van der Waals surface area (Å²) in [6.07, 6.45) is 3.48. The summed E-state index contributed by atoms with van der Waals surface area (Å²) in [6.45, 7) is 0. The molecule has 0 saturated carbocycles. The van der Waals surface area contributed by atoms with Gasteiger partial charge in [-0.2, -0.15) is 0 Å². The second-order valence-electron chi connectivity index (χ2n) is 2.30. The van der Waals surface area contributed by atoms with Gasteiger partial charge in [-0.05, 0) is 56.1 Å². The molecule has 3 nitrogen and oxygen atoms in total. The van der Waals surface area contributed by atoms with Crippen LogP contribution in [-0.4, -0.2) is 9.97 Å². The molecule has 0 spiro atoms. The van der Waals surface area contributed by atoms with E-state index in [9.17, 15) is 0 Å². The van der Waals surface area contributed by atoms with Crippen molar-refractivity contribution >= 4 is 31.9 Å². The first-order valence-corrected chi connectivity index (χ1v) is 5.50. The van der Waals surface area contributed by atoms with Crippen LogP contribution in [0.15, 0.2) is 58.0 Å². The zero-order valence-electron chi connectivity index (χ0n) is 7.98. The summed E-state index contributed by atoms with van der Waals surface area (Å²) in [5.74, 6) is 0. The Morgan fingerprint density at radius 1 is 0.733 bits per heavy atom. The Kier molecular flexibility index (Phi) is 8.08. The highest BCUT2D eigenvalue weighted by Gasteiger charge is 1.76. The molecule has 5 heteroatoms. The first-order valence-electron chi connectivity index (χ1n) is 3.92. The summed E-state index contributed by atoms with van der Waals surface area (Å²) >= 11 is 6.40. The van der Waals surface area contributed by atoms with Crippen molar-refractivity contribution in [1.29, 1.82) is 0 Å². The summed E-state index contributed by atoms with van der Waals surface area (Å²) < 4.78 is 1.77. The van der Waals surface area contributed by atoms with Crippen LogP contribution in [0.25, 0.3) is 0 Å². The predicted octanol–water partition coefficient (Wildman–Crippen LogP) is 3.85. The molecule has 0 amide bonds. The van der Waals surface area contributed by atoms with E-state index in [4.69, 9.17) is 0 Å². The van der Waals surface area contributed by atoms with Gasteiger partial charge >= 0.3 is 0 Å². The van der Waals surface area contributed by atoms with Crippen LogP contribution in [0, 0.1) is 0 Å². The predicted molar refractivity (Wildman–Crippen MR) is 68.9 cm³/mol. The van der Waals surface area contributed by atoms with Crippen LogP contribution in [0.4, 0.5) is 0 Å². The van der Waals surface area contributed by atoms with Gasteiger partial charge in [0.05, 0.1) is 0 Å². The summed E-state index contributed by atoms with van der Waals surface area (Å²) in [5.41, 5.74) is 0. The number of aromatic nitrogens is 2. The third-order valence-electron chi connectivity index (χ3n) is 1.26. The van der Waals surface area contributed by atoms with Gasteiger partial charge in [-0.15, -0.1) is 0 Å². The maximum Gasteiger partial charge on any atom is 0.106 e. The zero-order valence-corrected chi connectivity index (χ0v) is 11.1. The Balaban J connectivity index is 0.000000245. The Morgan fingerprint density at radius 3 is 1.27 bits per heavy atom. The van der Waals surface area contributed by atoms with Gasteiger partial charge in [0.1, 0.15) is 9.21 Å². The van der Waals surface area contributed by atoms with E-state index >= 15 is 0 Å². The summed E-state index contributed by atoms with van der Waals surface area (Å²) in [5, 5.41) is 0. The van der Waals surface area contributed by atoms with Crippen molar-refractivity contribution in [3.63, 3.8) is 0 Å². The number of nitrogens with zero attached hydrogens (tertiary/aromatic N) is 2. The maximum absolute atomic E-state index is 3.90. The fourth-order valence-electron chi connectivity index (χ4n) is 0.684. The molecule has 3 N–H and O–H groups in total. The molecule has 2 heterocycles. The molecule has 0 atom stereocenters. The quantitative estimate of drug-likeness (QED) is 0.745. The molecule has 0 aromatic carbocycles. The van der Waals surface area contributed by atoms with Crippen LogP contribution in [0.3, 0.4) is 0 Å². The monoisotopic (exact) mass is 331 g/mol. The van der Waals surface area contributed by atoms with Crippen LogP contribution in [0.1, 0.15) is 0 Å². The first-order chi connectivity index (χ1) is 6.79. The molecule has 0 radical (unpaired) electrons. The molecular formula is C10H11Br2N3. The van der Waals surface area contributed by atoms with E-state index < -0.39 is 0 Å². The lowest BCUT2D eigenvalue weighted by atomic mass is 10.5. The van der Waals surface area contributed by atoms with E-state index in [-0.39, 0.29) is 6.15 Å². The van der Waals surface area contributed by atoms with Gasteiger partial charge in [0, 0.05) is 12.4 Å². The van der Waals surface area contributed by atoms with Gasteiger partial charge in [-0.25, -0.2) is 9.97 Å². The highest BCUT2D eigenvalue weighted by molar-refractivity contribution is 9.10. The smallest absolute Gasteiger partial charge is 0.106 e. The van der Waals surface area contributed by atoms with Crippen molar-refractivity contribution in [3.8, 4) is 0 Å². The maximum atomic E-state index is 3.90. The lowest BCUT2D eigenvalue weighted by Gasteiger charge is -1.80. The highest BCUT2D eigenvalue weighted by Crippen LogP contribution is 2.00. The minimum Gasteiger partial charge on any atom is -0.344 e. The van der Waals surface area contributed by atoms with Crippen LogP contribution in [0.5, 0.6) is 0 Å². The molecular weight excluding hydrogens is 322 g/mol. The van der Waals surface area contributed by atoms with Crippen LogP contribution in [0.2, 0.25) is 0 Å². The molecule has 0 aliphatic rings. The van der Waals surface area contributed by atoms with Gasteiger partial charge < -0.3 is 6.15 Å². The lowest BCUT2D eigenvalue weighted by molar-refractivity contribution is 1.28. The molecule has 0 aliphatic carbocycles. The molecule has 0 bridgehead atoms. The molecule has 2 aromatic rings. The molecule has 15 heavy (non-hydrogen) atoms. The van der Waals surface area contributed by atoms with E-state index in [1.54, 1.807) is 12.4 Å². The molecule has 80 valence electrons. The minimum atomic E-state index is 0. The summed E-state index contributed by atoms with van der Waals surface area (Å²) in [7, 11) is 0. The van der Waals surface area contributed by atoms with E-state index in [0.717, 1.165) is 9.21 Å². The topological polar surface area (TPSA) is 60.8 Å². The van der Waals surface area contributed by atoms with E-state index in [1.165, 1.54) is 0 Å². The molecule has 2 aromatic heterocycles. The standard InChI is InChI=1S/2C5H4BrN.H3N/c2*6-5-3-1-2-4-7-5;/h2*1-4H;1H3. The number of rotatable bonds is 0. The molecule has 0 unspecified atom stereocenters. The highest BCUT2D eigenvalue weighted by atomic mass is 79.9. The fraction of sp³-hybridized carbons (Fsp3) is 0. The van der Waals surface area contributed by atoms with E-state index in [0.29, 0.717) is 0 Å². The number of hydrogen-bond donors (Lipinski definition) is 1. The van der Waals surface area contributed by atoms with Crippen LogP contribution >= 0.6 is 31.9 Å². The van der Waals surface area contributed by atoms with Crippen LogP contribution < -0.4 is 6.15 Å². The SMILES string of the molecule is Brc1ccccn1.Brc1ccccn1.N. The third-order valence-corrected chi connectivity index (χ3v) is 2.20. The van der Waals surface area contributed by atoms with Crippen molar-refractivity contribution in [2.75, 3.05) is 0 Å². The third kappa shape index (κ3) is 7.18. The molecule has 0 fully saturated rings. The lowest BCUT2D eigenvalue weighted by Crippen LogP contribution is -1.66. The van der Waals surface area contributed by atoms with Gasteiger partial charge in [-0.1, -0.05) is 12.1 Å². The number of pyridine rings is 2. The Labute approximate surface area is 106 Å². The Morgan fingerprint density at radius 2 is 1.13 bits per heavy atom. The van der Waals surface area contributed by atoms with Gasteiger partial charge in [0.25, 0.3) is 0 Å². The minimum absolute atomic E-state index is 0. The molecule has 0 aliphatic heterocycles. The normalized spacial score (nSPS) is 8.13. The first kappa shape index (κ1) is 14.2. The van der Waals surface area contributed by atoms with Crippen LogP contribution in [-0.2, 0) is 0 Å². The number of hydrogen-bond acceptors (Lipinski definition) is 3. The average molecular weight is 333 g/mol. The summed E-state index contributed by atoms with van der Waals surface area (Å²) in [6, 6.07) is 11.4. The van der Waals surface area contributed by atoms with Gasteiger partial charge in [-0.3, -0.25) is 0 Å². The Hall–Kier alpha value is -0.780. The Bertz CT molecular complexity index is 316. The van der Waals surface area contributed by atoms with Gasteiger partial charge in [0.15, 0.2) is 0 Å². The largest absolute Gasteiger partial charge is 0.344 e. The second kappa shape index (κ2) is 8.52. The van der Waals surface area contributed by atoms with Gasteiger partial charge in [0.2, 0.25) is 0 Å². The second-order valence-corrected chi connectivity index (χ2v) is 3.93. The fourth-order valence-corrected chi connectivity index (χ4v) is 1.23. The van der Waals surface area contributed by atoms with E-state index in [2.05, 4.69) is 41.8 Å². The summed E-state index contributed by atoms with van der Waals surface area (Å²) in [4.78, 5) is 7.79. The zero-order chi connectivity index (χ0) is 10.2. The van der Waals surface area contributed by atoms with E-state index in [1.807, 2.05) is 36.4 Å². The van der Waals surface area contributed by atoms with Crippen molar-refractivity contribution in [3.05, 3.63) is 58.0 Å². The molecule has 0 saturated heterocycles. The average Bonchev–Trinajstić information content (AvgIpc) is 2.21. The number of halogens is 2. The molecule has 2 rings (SSSR count). The van der Waals surface area contributed by atoms with Crippen molar-refractivity contribution in [1.82, 2.24) is 16.1 Å². The van der Waals surface area contributed by atoms with Crippen molar-refractivity contribution in [2.45, 2.75) is 0 Å². The van der Waals surface area contributed by atoms with Crippen molar-refractivity contribution in [2.24, 2.45) is 0 Å².